The molecule has 2 rings (SSSR count). The Bertz CT molecular complexity index is 210. The van der Waals surface area contributed by atoms with Crippen LogP contribution in [0.25, 0.3) is 0 Å². The molecule has 80 valence electrons. The van der Waals surface area contributed by atoms with Gasteiger partial charge in [-0.05, 0) is 19.8 Å². The maximum Gasteiger partial charge on any atom is 0.0963 e. The van der Waals surface area contributed by atoms with Gasteiger partial charge in [0.25, 0.3) is 0 Å². The summed E-state index contributed by atoms with van der Waals surface area (Å²) in [6.07, 6.45) is 2.63. The van der Waals surface area contributed by atoms with Gasteiger partial charge in [-0.2, -0.15) is 0 Å². The first-order valence-electron chi connectivity index (χ1n) is 5.53. The minimum Gasteiger partial charge on any atom is -0.352 e. The molecule has 0 aromatic rings. The molecule has 2 saturated heterocycles. The highest BCUT2D eigenvalue weighted by Gasteiger charge is 2.36. The number of fused-ring (bicyclic) bond motifs is 2. The SMILES string of the molecule is CC(=NCCN)N1C2CCC1CNC2. The molecule has 14 heavy (non-hydrogen) atoms. The highest BCUT2D eigenvalue weighted by Crippen LogP contribution is 2.26. The van der Waals surface area contributed by atoms with Gasteiger partial charge in [0.05, 0.1) is 12.4 Å². The van der Waals surface area contributed by atoms with Gasteiger partial charge in [-0.1, -0.05) is 0 Å². The highest BCUT2D eigenvalue weighted by molar-refractivity contribution is 5.80. The molecule has 2 fully saturated rings. The lowest BCUT2D eigenvalue weighted by Crippen LogP contribution is -2.53. The van der Waals surface area contributed by atoms with Gasteiger partial charge in [-0.25, -0.2) is 0 Å². The van der Waals surface area contributed by atoms with E-state index in [2.05, 4.69) is 22.1 Å². The number of hydrogen-bond donors (Lipinski definition) is 2. The Morgan fingerprint density at radius 3 is 2.64 bits per heavy atom. The monoisotopic (exact) mass is 196 g/mol. The highest BCUT2D eigenvalue weighted by atomic mass is 15.3. The Morgan fingerprint density at radius 2 is 2.07 bits per heavy atom. The Balaban J connectivity index is 2.03. The number of nitrogens with one attached hydrogen (secondary N) is 1. The minimum absolute atomic E-state index is 0.652. The quantitative estimate of drug-likeness (QED) is 0.475. The largest absolute Gasteiger partial charge is 0.352 e. The summed E-state index contributed by atoms with van der Waals surface area (Å²) in [6.45, 7) is 5.76. The molecule has 0 aliphatic carbocycles. The van der Waals surface area contributed by atoms with Gasteiger partial charge in [0, 0.05) is 31.7 Å². The molecular formula is C10H20N4. The Hall–Kier alpha value is -0.610. The second kappa shape index (κ2) is 4.28. The zero-order valence-corrected chi connectivity index (χ0v) is 8.87. The molecule has 0 amide bonds. The van der Waals surface area contributed by atoms with Crippen LogP contribution in [-0.2, 0) is 0 Å². The average Bonchev–Trinajstić information content (AvgIpc) is 2.45. The Labute approximate surface area is 85.6 Å². The van der Waals surface area contributed by atoms with E-state index in [9.17, 15) is 0 Å². The molecule has 2 unspecified atom stereocenters. The first-order chi connectivity index (χ1) is 6.83. The zero-order chi connectivity index (χ0) is 9.97. The van der Waals surface area contributed by atoms with Gasteiger partial charge in [0.1, 0.15) is 0 Å². The van der Waals surface area contributed by atoms with Crippen LogP contribution >= 0.6 is 0 Å². The van der Waals surface area contributed by atoms with Crippen LogP contribution in [-0.4, -0.2) is 49.0 Å². The van der Waals surface area contributed by atoms with Crippen molar-refractivity contribution < 1.29 is 0 Å². The first-order valence-corrected chi connectivity index (χ1v) is 5.53. The summed E-state index contributed by atoms with van der Waals surface area (Å²) in [6, 6.07) is 1.35. The van der Waals surface area contributed by atoms with E-state index in [1.807, 2.05) is 0 Å². The maximum atomic E-state index is 5.45. The van der Waals surface area contributed by atoms with Crippen LogP contribution in [0.1, 0.15) is 19.8 Å². The molecule has 3 N–H and O–H groups in total. The molecule has 0 spiro atoms. The molecule has 2 aliphatic rings. The van der Waals surface area contributed by atoms with Crippen LogP contribution in [0.2, 0.25) is 0 Å². The van der Waals surface area contributed by atoms with E-state index in [0.29, 0.717) is 18.6 Å². The van der Waals surface area contributed by atoms with Crippen LogP contribution in [0.15, 0.2) is 4.99 Å². The molecule has 4 nitrogen and oxygen atoms in total. The fourth-order valence-corrected chi connectivity index (χ4v) is 2.61. The van der Waals surface area contributed by atoms with Crippen LogP contribution in [0.4, 0.5) is 0 Å². The van der Waals surface area contributed by atoms with Crippen LogP contribution in [0, 0.1) is 0 Å². The summed E-state index contributed by atoms with van der Waals surface area (Å²) in [7, 11) is 0. The van der Waals surface area contributed by atoms with Gasteiger partial charge in [-0.3, -0.25) is 4.99 Å². The fourth-order valence-electron chi connectivity index (χ4n) is 2.61. The number of piperazine rings is 1. The molecule has 2 aliphatic heterocycles. The lowest BCUT2D eigenvalue weighted by Gasteiger charge is -2.36. The van der Waals surface area contributed by atoms with Crippen molar-refractivity contribution in [3.05, 3.63) is 0 Å². The molecule has 0 aromatic heterocycles. The van der Waals surface area contributed by atoms with Crippen molar-refractivity contribution >= 4 is 5.84 Å². The van der Waals surface area contributed by atoms with Crippen LogP contribution in [0.3, 0.4) is 0 Å². The third kappa shape index (κ3) is 1.77. The third-order valence-electron chi connectivity index (χ3n) is 3.22. The molecule has 2 bridgehead atoms. The molecule has 0 radical (unpaired) electrons. The summed E-state index contributed by atoms with van der Waals surface area (Å²) in [5, 5.41) is 3.47. The van der Waals surface area contributed by atoms with Crippen molar-refractivity contribution in [1.29, 1.82) is 0 Å². The van der Waals surface area contributed by atoms with E-state index in [1.165, 1.54) is 18.7 Å². The predicted molar refractivity (Wildman–Crippen MR) is 58.5 cm³/mol. The number of nitrogens with zero attached hydrogens (tertiary/aromatic N) is 2. The normalized spacial score (nSPS) is 32.4. The first kappa shape index (κ1) is 9.93. The lowest BCUT2D eigenvalue weighted by molar-refractivity contribution is 0.250. The Morgan fingerprint density at radius 1 is 1.43 bits per heavy atom. The number of rotatable bonds is 2. The van der Waals surface area contributed by atoms with Crippen molar-refractivity contribution in [1.82, 2.24) is 10.2 Å². The van der Waals surface area contributed by atoms with Crippen LogP contribution in [0.5, 0.6) is 0 Å². The second-order valence-electron chi connectivity index (χ2n) is 4.17. The maximum absolute atomic E-state index is 5.45. The third-order valence-corrected chi connectivity index (χ3v) is 3.22. The van der Waals surface area contributed by atoms with E-state index in [4.69, 9.17) is 5.73 Å². The number of nitrogens with two attached hydrogens (primary N) is 1. The van der Waals surface area contributed by atoms with Gasteiger partial charge in [0.2, 0.25) is 0 Å². The summed E-state index contributed by atoms with van der Waals surface area (Å²) < 4.78 is 0. The van der Waals surface area contributed by atoms with Crippen molar-refractivity contribution in [2.45, 2.75) is 31.8 Å². The minimum atomic E-state index is 0.652. The van der Waals surface area contributed by atoms with E-state index in [1.54, 1.807) is 0 Å². The molecule has 2 heterocycles. The van der Waals surface area contributed by atoms with E-state index in [0.717, 1.165) is 19.6 Å². The topological polar surface area (TPSA) is 53.6 Å². The average molecular weight is 196 g/mol. The fraction of sp³-hybridized carbons (Fsp3) is 0.900. The van der Waals surface area contributed by atoms with E-state index in [-0.39, 0.29) is 0 Å². The zero-order valence-electron chi connectivity index (χ0n) is 8.87. The molecular weight excluding hydrogens is 176 g/mol. The summed E-state index contributed by atoms with van der Waals surface area (Å²) >= 11 is 0. The van der Waals surface area contributed by atoms with Gasteiger partial charge >= 0.3 is 0 Å². The molecule has 0 aromatic carbocycles. The van der Waals surface area contributed by atoms with Gasteiger partial charge in [-0.15, -0.1) is 0 Å². The van der Waals surface area contributed by atoms with Gasteiger partial charge in [0.15, 0.2) is 0 Å². The van der Waals surface area contributed by atoms with Crippen molar-refractivity contribution in [3.8, 4) is 0 Å². The standard InChI is InChI=1S/C10H20N4/c1-8(13-5-4-11)14-9-2-3-10(14)7-12-6-9/h9-10,12H,2-7,11H2,1H3. The number of aliphatic imine (C=N–C) groups is 1. The Kier molecular flexibility index (Phi) is 3.03. The lowest BCUT2D eigenvalue weighted by atomic mass is 10.2. The van der Waals surface area contributed by atoms with Crippen molar-refractivity contribution in [2.75, 3.05) is 26.2 Å². The van der Waals surface area contributed by atoms with Gasteiger partial charge < -0.3 is 16.0 Å². The summed E-state index contributed by atoms with van der Waals surface area (Å²) in [5.41, 5.74) is 5.45. The summed E-state index contributed by atoms with van der Waals surface area (Å²) in [4.78, 5) is 6.99. The number of hydrogen-bond acceptors (Lipinski definition) is 3. The van der Waals surface area contributed by atoms with Crippen molar-refractivity contribution in [3.63, 3.8) is 0 Å². The number of amidine groups is 1. The summed E-state index contributed by atoms with van der Waals surface area (Å²) in [5.74, 6) is 1.18. The van der Waals surface area contributed by atoms with Crippen molar-refractivity contribution in [2.24, 2.45) is 10.7 Å². The van der Waals surface area contributed by atoms with Crippen LogP contribution < -0.4 is 11.1 Å². The van der Waals surface area contributed by atoms with E-state index >= 15 is 0 Å². The molecule has 4 heteroatoms. The smallest absolute Gasteiger partial charge is 0.0963 e. The molecule has 0 saturated carbocycles. The van der Waals surface area contributed by atoms with E-state index < -0.39 is 0 Å². The predicted octanol–water partition coefficient (Wildman–Crippen LogP) is -0.200. The second-order valence-corrected chi connectivity index (χ2v) is 4.17. The molecule has 2 atom stereocenters.